The van der Waals surface area contributed by atoms with E-state index in [0.29, 0.717) is 13.1 Å². The topological polar surface area (TPSA) is 76.0 Å². The Balaban J connectivity index is 2.44. The molecule has 0 aliphatic carbocycles. The zero-order valence-corrected chi connectivity index (χ0v) is 10.4. The average Bonchev–Trinajstić information content (AvgIpc) is 2.60. The molecule has 0 fully saturated rings. The lowest BCUT2D eigenvalue weighted by molar-refractivity contribution is 0.571. The fourth-order valence-electron chi connectivity index (χ4n) is 1.30. The first-order valence-electron chi connectivity index (χ1n) is 5.17. The van der Waals surface area contributed by atoms with Crippen LogP contribution in [0.1, 0.15) is 12.6 Å². The number of nitrogens with zero attached hydrogens (tertiary/aromatic N) is 2. The van der Waals surface area contributed by atoms with Gasteiger partial charge in [0.25, 0.3) is 0 Å². The summed E-state index contributed by atoms with van der Waals surface area (Å²) in [7, 11) is -3.11. The second-order valence-electron chi connectivity index (χ2n) is 3.53. The molecule has 0 radical (unpaired) electrons. The molecule has 0 unspecified atom stereocenters. The molecule has 0 aromatic carbocycles. The molecular formula is C9H18N4O2S. The van der Waals surface area contributed by atoms with E-state index in [4.69, 9.17) is 0 Å². The zero-order chi connectivity index (χ0) is 12.0. The van der Waals surface area contributed by atoms with E-state index >= 15 is 0 Å². The number of rotatable bonds is 7. The second kappa shape index (κ2) is 5.97. The van der Waals surface area contributed by atoms with E-state index in [1.807, 2.05) is 11.5 Å². The van der Waals surface area contributed by atoms with Crippen molar-refractivity contribution in [2.45, 2.75) is 20.0 Å². The fourth-order valence-corrected chi connectivity index (χ4v) is 1.76. The van der Waals surface area contributed by atoms with Crippen molar-refractivity contribution in [2.75, 3.05) is 19.3 Å². The minimum absolute atomic E-state index is 0.383. The lowest BCUT2D eigenvalue weighted by Gasteiger charge is -2.08. The van der Waals surface area contributed by atoms with Crippen LogP contribution in [-0.2, 0) is 23.1 Å². The van der Waals surface area contributed by atoms with Crippen molar-refractivity contribution in [1.29, 1.82) is 0 Å². The van der Waals surface area contributed by atoms with E-state index in [-0.39, 0.29) is 0 Å². The van der Waals surface area contributed by atoms with Gasteiger partial charge in [0.15, 0.2) is 0 Å². The third-order valence-corrected chi connectivity index (χ3v) is 2.80. The Morgan fingerprint density at radius 3 is 2.88 bits per heavy atom. The van der Waals surface area contributed by atoms with Crippen molar-refractivity contribution in [1.82, 2.24) is 19.6 Å². The maximum absolute atomic E-state index is 10.9. The Labute approximate surface area is 96.1 Å². The van der Waals surface area contributed by atoms with Crippen molar-refractivity contribution in [3.63, 3.8) is 0 Å². The molecule has 0 bridgehead atoms. The minimum Gasteiger partial charge on any atom is -0.332 e. The highest BCUT2D eigenvalue weighted by atomic mass is 32.2. The number of nitrogens with one attached hydrogen (secondary N) is 2. The van der Waals surface area contributed by atoms with Crippen molar-refractivity contribution >= 4 is 10.0 Å². The van der Waals surface area contributed by atoms with Gasteiger partial charge in [-0.3, -0.25) is 0 Å². The summed E-state index contributed by atoms with van der Waals surface area (Å²) in [6.07, 6.45) is 4.64. The molecule has 2 N–H and O–H groups in total. The molecule has 92 valence electrons. The van der Waals surface area contributed by atoms with Gasteiger partial charge in [0.2, 0.25) is 10.0 Å². The van der Waals surface area contributed by atoms with Crippen molar-refractivity contribution in [3.8, 4) is 0 Å². The highest BCUT2D eigenvalue weighted by Crippen LogP contribution is 1.98. The molecule has 1 aromatic rings. The number of sulfonamides is 1. The van der Waals surface area contributed by atoms with Gasteiger partial charge in [-0.15, -0.1) is 0 Å². The Bertz CT molecular complexity index is 413. The second-order valence-corrected chi connectivity index (χ2v) is 5.36. The molecule has 1 rings (SSSR count). The molecule has 0 amide bonds. The highest BCUT2D eigenvalue weighted by Gasteiger charge is 2.03. The molecule has 0 aliphatic rings. The standard InChI is InChI=1S/C9H18N4O2S/c1-3-10-6-9-7-11-8-13(9)5-4-12-16(2,14)15/h7-8,10,12H,3-6H2,1-2H3. The SMILES string of the molecule is CCNCc1cncn1CCNS(C)(=O)=O. The number of imidazole rings is 1. The monoisotopic (exact) mass is 246 g/mol. The molecular weight excluding hydrogens is 228 g/mol. The van der Waals surface area contributed by atoms with Gasteiger partial charge < -0.3 is 9.88 Å². The van der Waals surface area contributed by atoms with E-state index in [1.54, 1.807) is 12.5 Å². The summed E-state index contributed by atoms with van der Waals surface area (Å²) in [4.78, 5) is 4.04. The van der Waals surface area contributed by atoms with Crippen LogP contribution in [0.15, 0.2) is 12.5 Å². The Morgan fingerprint density at radius 2 is 2.25 bits per heavy atom. The molecule has 0 saturated heterocycles. The Morgan fingerprint density at radius 1 is 1.50 bits per heavy atom. The van der Waals surface area contributed by atoms with E-state index in [1.165, 1.54) is 0 Å². The lowest BCUT2D eigenvalue weighted by Crippen LogP contribution is -2.26. The van der Waals surface area contributed by atoms with Gasteiger partial charge >= 0.3 is 0 Å². The summed E-state index contributed by atoms with van der Waals surface area (Å²) < 4.78 is 26.1. The smallest absolute Gasteiger partial charge is 0.208 e. The first-order valence-corrected chi connectivity index (χ1v) is 7.06. The van der Waals surface area contributed by atoms with E-state index in [2.05, 4.69) is 15.0 Å². The van der Waals surface area contributed by atoms with Crippen LogP contribution < -0.4 is 10.0 Å². The molecule has 1 aromatic heterocycles. The van der Waals surface area contributed by atoms with Gasteiger partial charge in [0.1, 0.15) is 0 Å². The summed E-state index contributed by atoms with van der Waals surface area (Å²) in [5.41, 5.74) is 1.05. The molecule has 0 spiro atoms. The predicted molar refractivity (Wildman–Crippen MR) is 62.5 cm³/mol. The summed E-state index contributed by atoms with van der Waals surface area (Å²) in [6.45, 7) is 4.65. The molecule has 0 atom stereocenters. The number of hydrogen-bond donors (Lipinski definition) is 2. The lowest BCUT2D eigenvalue weighted by atomic mass is 10.4. The van der Waals surface area contributed by atoms with Gasteiger partial charge in [0, 0.05) is 25.8 Å². The van der Waals surface area contributed by atoms with Crippen LogP contribution in [0, 0.1) is 0 Å². The summed E-state index contributed by atoms with van der Waals surface area (Å²) in [5.74, 6) is 0. The fraction of sp³-hybridized carbons (Fsp3) is 0.667. The zero-order valence-electron chi connectivity index (χ0n) is 9.60. The van der Waals surface area contributed by atoms with Gasteiger partial charge in [0.05, 0.1) is 18.3 Å². The number of hydrogen-bond acceptors (Lipinski definition) is 4. The first-order chi connectivity index (χ1) is 7.53. The third kappa shape index (κ3) is 4.73. The van der Waals surface area contributed by atoms with Crippen LogP contribution >= 0.6 is 0 Å². The molecule has 0 saturated carbocycles. The van der Waals surface area contributed by atoms with E-state index < -0.39 is 10.0 Å². The summed E-state index contributed by atoms with van der Waals surface area (Å²) in [5, 5.41) is 3.20. The van der Waals surface area contributed by atoms with Crippen molar-refractivity contribution in [3.05, 3.63) is 18.2 Å². The number of aromatic nitrogens is 2. The highest BCUT2D eigenvalue weighted by molar-refractivity contribution is 7.88. The van der Waals surface area contributed by atoms with Crippen LogP contribution in [0.3, 0.4) is 0 Å². The maximum atomic E-state index is 10.9. The van der Waals surface area contributed by atoms with Crippen molar-refractivity contribution < 1.29 is 8.42 Å². The third-order valence-electron chi connectivity index (χ3n) is 2.07. The molecule has 1 heterocycles. The van der Waals surface area contributed by atoms with Gasteiger partial charge in [-0.05, 0) is 6.54 Å². The quantitative estimate of drug-likeness (QED) is 0.683. The molecule has 7 heteroatoms. The largest absolute Gasteiger partial charge is 0.332 e. The van der Waals surface area contributed by atoms with Crippen LogP contribution in [0.25, 0.3) is 0 Å². The average molecular weight is 246 g/mol. The van der Waals surface area contributed by atoms with Crippen molar-refractivity contribution in [2.24, 2.45) is 0 Å². The molecule has 6 nitrogen and oxygen atoms in total. The molecule has 0 aliphatic heterocycles. The van der Waals surface area contributed by atoms with Crippen LogP contribution in [-0.4, -0.2) is 37.3 Å². The minimum atomic E-state index is -3.11. The van der Waals surface area contributed by atoms with E-state index in [9.17, 15) is 8.42 Å². The summed E-state index contributed by atoms with van der Waals surface area (Å²) in [6, 6.07) is 0. The van der Waals surface area contributed by atoms with Gasteiger partial charge in [-0.1, -0.05) is 6.92 Å². The Kier molecular flexibility index (Phi) is 4.91. The Hall–Kier alpha value is -0.920. The predicted octanol–water partition coefficient (Wildman–Crippen LogP) is -0.458. The first kappa shape index (κ1) is 13.1. The van der Waals surface area contributed by atoms with Gasteiger partial charge in [-0.2, -0.15) is 0 Å². The normalized spacial score (nSPS) is 11.9. The van der Waals surface area contributed by atoms with Crippen LogP contribution in [0.2, 0.25) is 0 Å². The van der Waals surface area contributed by atoms with E-state index in [0.717, 1.165) is 25.0 Å². The van der Waals surface area contributed by atoms with Gasteiger partial charge in [-0.25, -0.2) is 18.1 Å². The maximum Gasteiger partial charge on any atom is 0.208 e. The van der Waals surface area contributed by atoms with Crippen LogP contribution in [0.4, 0.5) is 0 Å². The summed E-state index contributed by atoms with van der Waals surface area (Å²) >= 11 is 0. The molecule has 16 heavy (non-hydrogen) atoms. The van der Waals surface area contributed by atoms with Crippen LogP contribution in [0.5, 0.6) is 0 Å².